The molecule has 0 atom stereocenters. The average Bonchev–Trinajstić information content (AvgIpc) is 1.99. The van der Waals surface area contributed by atoms with Crippen LogP contribution in [0.25, 0.3) is 0 Å². The van der Waals surface area contributed by atoms with Gasteiger partial charge in [0.15, 0.2) is 0 Å². The van der Waals surface area contributed by atoms with Crippen molar-refractivity contribution in [3.63, 3.8) is 0 Å². The molecule has 0 aromatic rings. The molecule has 2 N–H and O–H groups in total. The van der Waals surface area contributed by atoms with E-state index in [9.17, 15) is 4.79 Å². The summed E-state index contributed by atoms with van der Waals surface area (Å²) in [4.78, 5) is 14.4. The zero-order valence-electron chi connectivity index (χ0n) is 6.46. The van der Waals surface area contributed by atoms with Gasteiger partial charge < -0.3 is 5.73 Å². The van der Waals surface area contributed by atoms with Crippen molar-refractivity contribution in [3.05, 3.63) is 12.3 Å². The number of carbonyl (C=O) groups excluding carboxylic acids is 1. The minimum atomic E-state index is -0.578. The molecule has 3 nitrogen and oxygen atoms in total. The van der Waals surface area contributed by atoms with Gasteiger partial charge in [0.2, 0.25) is 0 Å². The number of hydrogen-bond donors (Lipinski definition) is 1. The van der Waals surface area contributed by atoms with Gasteiger partial charge in [0.25, 0.3) is 5.91 Å². The molecule has 0 fully saturated rings. The van der Waals surface area contributed by atoms with Crippen LogP contribution in [-0.4, -0.2) is 22.8 Å². The van der Waals surface area contributed by atoms with E-state index in [-0.39, 0.29) is 5.70 Å². The second-order valence-electron chi connectivity index (χ2n) is 1.60. The molecule has 0 bridgehead atoms. The van der Waals surface area contributed by atoms with Crippen LogP contribution < -0.4 is 5.73 Å². The molecular formula is C6H10N2OS2. The summed E-state index contributed by atoms with van der Waals surface area (Å²) < 4.78 is 0.786. The van der Waals surface area contributed by atoms with E-state index in [1.165, 1.54) is 23.5 Å². The first-order chi connectivity index (χ1) is 5.11. The molecule has 0 spiro atoms. The average molecular weight is 190 g/mol. The summed E-state index contributed by atoms with van der Waals surface area (Å²) in [6.45, 7) is 3.40. The fourth-order valence-electron chi connectivity index (χ4n) is 0.340. The number of nitrogens with zero attached hydrogens (tertiary/aromatic N) is 1. The molecule has 0 aliphatic heterocycles. The molecule has 1 amide bonds. The van der Waals surface area contributed by atoms with Crippen LogP contribution in [0.5, 0.6) is 0 Å². The van der Waals surface area contributed by atoms with Crippen molar-refractivity contribution in [1.29, 1.82) is 0 Å². The SMILES string of the molecule is C=C(N=C(SC)SC)C(N)=O. The molecule has 0 aromatic heterocycles. The molecule has 0 unspecified atom stereocenters. The minimum absolute atomic E-state index is 0.101. The van der Waals surface area contributed by atoms with Crippen molar-refractivity contribution in [2.45, 2.75) is 0 Å². The Morgan fingerprint density at radius 2 is 1.91 bits per heavy atom. The quantitative estimate of drug-likeness (QED) is 0.402. The third kappa shape index (κ3) is 4.10. The van der Waals surface area contributed by atoms with E-state index >= 15 is 0 Å². The fraction of sp³-hybridized carbons (Fsp3) is 0.333. The number of aliphatic imine (C=N–C) groups is 1. The van der Waals surface area contributed by atoms with Crippen molar-refractivity contribution < 1.29 is 4.79 Å². The van der Waals surface area contributed by atoms with Gasteiger partial charge in [-0.15, -0.1) is 23.5 Å². The van der Waals surface area contributed by atoms with Crippen LogP contribution in [0.3, 0.4) is 0 Å². The van der Waals surface area contributed by atoms with E-state index in [1.807, 2.05) is 12.5 Å². The molecule has 0 radical (unpaired) electrons. The topological polar surface area (TPSA) is 55.4 Å². The van der Waals surface area contributed by atoms with Gasteiger partial charge in [-0.3, -0.25) is 4.79 Å². The number of carbonyl (C=O) groups is 1. The third-order valence-electron chi connectivity index (χ3n) is 0.860. The lowest BCUT2D eigenvalue weighted by atomic mass is 10.5. The molecule has 0 saturated carbocycles. The summed E-state index contributed by atoms with van der Waals surface area (Å²) in [6, 6.07) is 0. The molecule has 0 heterocycles. The third-order valence-corrected chi connectivity index (χ3v) is 2.74. The Hall–Kier alpha value is -0.420. The largest absolute Gasteiger partial charge is 0.364 e. The summed E-state index contributed by atoms with van der Waals surface area (Å²) >= 11 is 2.92. The van der Waals surface area contributed by atoms with Crippen molar-refractivity contribution in [1.82, 2.24) is 0 Å². The molecule has 0 aromatic carbocycles. The Balaban J connectivity index is 4.27. The van der Waals surface area contributed by atoms with Crippen LogP contribution in [0, 0.1) is 0 Å². The van der Waals surface area contributed by atoms with Gasteiger partial charge >= 0.3 is 0 Å². The summed E-state index contributed by atoms with van der Waals surface area (Å²) in [7, 11) is 0. The molecule has 0 rings (SSSR count). The summed E-state index contributed by atoms with van der Waals surface area (Å²) in [5.74, 6) is -0.578. The number of nitrogens with two attached hydrogens (primary N) is 1. The molecule has 11 heavy (non-hydrogen) atoms. The summed E-state index contributed by atoms with van der Waals surface area (Å²) in [6.07, 6.45) is 3.76. The number of rotatable bonds is 2. The van der Waals surface area contributed by atoms with Gasteiger partial charge in [-0.1, -0.05) is 6.58 Å². The maximum atomic E-state index is 10.5. The molecular weight excluding hydrogens is 180 g/mol. The van der Waals surface area contributed by atoms with Crippen LogP contribution >= 0.6 is 23.5 Å². The minimum Gasteiger partial charge on any atom is -0.364 e. The van der Waals surface area contributed by atoms with E-state index in [4.69, 9.17) is 5.73 Å². The van der Waals surface area contributed by atoms with E-state index in [2.05, 4.69) is 11.6 Å². The molecule has 0 aliphatic rings. The predicted molar refractivity (Wildman–Crippen MR) is 52.8 cm³/mol. The predicted octanol–water partition coefficient (Wildman–Crippen LogP) is 1.07. The highest BCUT2D eigenvalue weighted by Crippen LogP contribution is 2.12. The van der Waals surface area contributed by atoms with Gasteiger partial charge in [-0.25, -0.2) is 4.99 Å². The first kappa shape index (κ1) is 10.6. The second-order valence-corrected chi connectivity index (χ2v) is 3.45. The fourth-order valence-corrected chi connectivity index (χ4v) is 1.41. The van der Waals surface area contributed by atoms with Gasteiger partial charge in [0, 0.05) is 0 Å². The maximum absolute atomic E-state index is 10.5. The Morgan fingerprint density at radius 3 is 2.18 bits per heavy atom. The lowest BCUT2D eigenvalue weighted by Crippen LogP contribution is -2.12. The highest BCUT2D eigenvalue weighted by molar-refractivity contribution is 8.38. The number of primary amides is 1. The number of hydrogen-bond acceptors (Lipinski definition) is 4. The van der Waals surface area contributed by atoms with Crippen LogP contribution in [0.15, 0.2) is 17.3 Å². The van der Waals surface area contributed by atoms with Gasteiger partial charge in [0.1, 0.15) is 10.1 Å². The molecule has 0 saturated heterocycles. The van der Waals surface area contributed by atoms with Gasteiger partial charge in [-0.05, 0) is 12.5 Å². The van der Waals surface area contributed by atoms with E-state index in [0.29, 0.717) is 0 Å². The first-order valence-electron chi connectivity index (χ1n) is 2.77. The first-order valence-corrected chi connectivity index (χ1v) is 5.22. The maximum Gasteiger partial charge on any atom is 0.266 e. The number of amides is 1. The highest BCUT2D eigenvalue weighted by Gasteiger charge is 2.00. The van der Waals surface area contributed by atoms with Crippen molar-refractivity contribution in [2.75, 3.05) is 12.5 Å². The Bertz CT molecular complexity index is 195. The van der Waals surface area contributed by atoms with Crippen molar-refractivity contribution >= 4 is 33.8 Å². The Kier molecular flexibility index (Phi) is 5.06. The molecule has 62 valence electrons. The van der Waals surface area contributed by atoms with E-state index in [1.54, 1.807) is 0 Å². The monoisotopic (exact) mass is 190 g/mol. The van der Waals surface area contributed by atoms with Gasteiger partial charge in [-0.2, -0.15) is 0 Å². The van der Waals surface area contributed by atoms with Gasteiger partial charge in [0.05, 0.1) is 0 Å². The summed E-state index contributed by atoms with van der Waals surface area (Å²) in [5.41, 5.74) is 5.03. The van der Waals surface area contributed by atoms with Crippen LogP contribution in [0.4, 0.5) is 0 Å². The standard InChI is InChI=1S/C6H10N2OS2/c1-4(5(7)9)8-6(10-2)11-3/h1H2,2-3H3,(H2,7,9). The van der Waals surface area contributed by atoms with E-state index < -0.39 is 5.91 Å². The van der Waals surface area contributed by atoms with E-state index in [0.717, 1.165) is 4.38 Å². The van der Waals surface area contributed by atoms with Crippen LogP contribution in [0.2, 0.25) is 0 Å². The van der Waals surface area contributed by atoms with Crippen molar-refractivity contribution in [2.24, 2.45) is 10.7 Å². The second kappa shape index (κ2) is 5.26. The van der Waals surface area contributed by atoms with Crippen molar-refractivity contribution in [3.8, 4) is 0 Å². The zero-order valence-corrected chi connectivity index (χ0v) is 8.09. The number of thioether (sulfide) groups is 2. The lowest BCUT2D eigenvalue weighted by Gasteiger charge is -1.97. The summed E-state index contributed by atoms with van der Waals surface area (Å²) in [5, 5.41) is 0. The van der Waals surface area contributed by atoms with Crippen LogP contribution in [0.1, 0.15) is 0 Å². The highest BCUT2D eigenvalue weighted by atomic mass is 32.2. The lowest BCUT2D eigenvalue weighted by molar-refractivity contribution is -0.114. The van der Waals surface area contributed by atoms with Crippen LogP contribution in [-0.2, 0) is 4.79 Å². The Morgan fingerprint density at radius 1 is 1.45 bits per heavy atom. The Labute approximate surface area is 74.5 Å². The zero-order chi connectivity index (χ0) is 8.85. The smallest absolute Gasteiger partial charge is 0.266 e. The normalized spacial score (nSPS) is 8.91. The molecule has 0 aliphatic carbocycles. The molecule has 5 heteroatoms.